The van der Waals surface area contributed by atoms with Crippen molar-refractivity contribution in [2.24, 2.45) is 0 Å². The Morgan fingerprint density at radius 1 is 1.20 bits per heavy atom. The lowest BCUT2D eigenvalue weighted by molar-refractivity contribution is 0.647. The highest BCUT2D eigenvalue weighted by atomic mass is 15.4. The van der Waals surface area contributed by atoms with E-state index < -0.39 is 0 Å². The molecule has 0 saturated carbocycles. The lowest BCUT2D eigenvalue weighted by atomic mass is 10.4. The van der Waals surface area contributed by atoms with Crippen LogP contribution in [0.5, 0.6) is 0 Å². The number of nitrogen functional groups attached to an aromatic ring is 2. The maximum Gasteiger partial charge on any atom is 0.233 e. The first kappa shape index (κ1) is 12.4. The summed E-state index contributed by atoms with van der Waals surface area (Å²) in [5.74, 6) is 1.10. The molecule has 0 bridgehead atoms. The highest BCUT2D eigenvalue weighted by Gasteiger charge is 2.17. The van der Waals surface area contributed by atoms with Crippen LogP contribution in [0.1, 0.15) is 18.9 Å². The van der Waals surface area contributed by atoms with Crippen LogP contribution < -0.4 is 11.5 Å². The summed E-state index contributed by atoms with van der Waals surface area (Å²) in [6.45, 7) is 4.81. The smallest absolute Gasteiger partial charge is 0.233 e. The molecule has 3 aromatic rings. The van der Waals surface area contributed by atoms with E-state index in [0.717, 1.165) is 18.5 Å². The molecule has 0 amide bonds. The van der Waals surface area contributed by atoms with Crippen LogP contribution in [0.15, 0.2) is 12.4 Å². The summed E-state index contributed by atoms with van der Waals surface area (Å²) in [5.41, 5.74) is 13.8. The Balaban J connectivity index is 2.31. The monoisotopic (exact) mass is 272 g/mol. The van der Waals surface area contributed by atoms with Gasteiger partial charge in [-0.15, -0.1) is 0 Å². The fraction of sp³-hybridized carbons (Fsp3) is 0.333. The average Bonchev–Trinajstić information content (AvgIpc) is 2.95. The molecule has 3 heterocycles. The molecule has 3 aromatic heterocycles. The van der Waals surface area contributed by atoms with Crippen LogP contribution in [0, 0.1) is 6.92 Å². The molecule has 0 radical (unpaired) electrons. The van der Waals surface area contributed by atoms with Crippen molar-refractivity contribution in [3.8, 4) is 5.95 Å². The Hall–Kier alpha value is -2.64. The van der Waals surface area contributed by atoms with Crippen molar-refractivity contribution < 1.29 is 0 Å². The van der Waals surface area contributed by atoms with Crippen molar-refractivity contribution in [1.29, 1.82) is 0 Å². The van der Waals surface area contributed by atoms with Gasteiger partial charge in [-0.05, 0) is 18.9 Å². The molecule has 8 heteroatoms. The molecule has 0 fully saturated rings. The van der Waals surface area contributed by atoms with Crippen molar-refractivity contribution in [2.75, 3.05) is 11.5 Å². The minimum Gasteiger partial charge on any atom is -0.382 e. The second-order valence-corrected chi connectivity index (χ2v) is 4.66. The number of imidazole rings is 1. The van der Waals surface area contributed by atoms with E-state index in [0.29, 0.717) is 17.1 Å². The second-order valence-electron chi connectivity index (χ2n) is 4.66. The molecule has 0 spiro atoms. The van der Waals surface area contributed by atoms with E-state index in [1.54, 1.807) is 10.9 Å². The minimum absolute atomic E-state index is 0.149. The van der Waals surface area contributed by atoms with E-state index in [-0.39, 0.29) is 11.8 Å². The maximum absolute atomic E-state index is 5.88. The van der Waals surface area contributed by atoms with Crippen LogP contribution >= 0.6 is 0 Å². The van der Waals surface area contributed by atoms with Crippen molar-refractivity contribution in [3.63, 3.8) is 0 Å². The van der Waals surface area contributed by atoms with Gasteiger partial charge in [0.15, 0.2) is 17.0 Å². The Labute approximate surface area is 115 Å². The fourth-order valence-corrected chi connectivity index (χ4v) is 2.15. The van der Waals surface area contributed by atoms with Crippen molar-refractivity contribution >= 4 is 22.9 Å². The van der Waals surface area contributed by atoms with Gasteiger partial charge in [-0.2, -0.15) is 15.1 Å². The standard InChI is InChI=1S/C12H16N8/c1-3-4-19-10-8(9(13)17-11(14)18-10)16-12(19)20-6-7(2)5-15-20/h5-6H,3-4H2,1-2H3,(H4,13,14,17,18). The molecule has 0 saturated heterocycles. The molecule has 104 valence electrons. The van der Waals surface area contributed by atoms with Crippen LogP contribution in [0.4, 0.5) is 11.8 Å². The van der Waals surface area contributed by atoms with Gasteiger partial charge in [0.2, 0.25) is 11.9 Å². The van der Waals surface area contributed by atoms with E-state index in [1.807, 2.05) is 17.7 Å². The van der Waals surface area contributed by atoms with E-state index in [1.165, 1.54) is 0 Å². The molecule has 0 aliphatic heterocycles. The summed E-state index contributed by atoms with van der Waals surface area (Å²) in [6.07, 6.45) is 4.61. The lowest BCUT2D eigenvalue weighted by Crippen LogP contribution is -2.08. The Bertz CT molecular complexity index is 769. The maximum atomic E-state index is 5.88. The Morgan fingerprint density at radius 3 is 2.65 bits per heavy atom. The SMILES string of the molecule is CCCn1c(-n2cc(C)cn2)nc2c(N)nc(N)nc21. The molecular formula is C12H16N8. The van der Waals surface area contributed by atoms with Crippen LogP contribution in [-0.4, -0.2) is 29.3 Å². The van der Waals surface area contributed by atoms with E-state index in [9.17, 15) is 0 Å². The van der Waals surface area contributed by atoms with Crippen LogP contribution in [-0.2, 0) is 6.54 Å². The number of hydrogen-bond acceptors (Lipinski definition) is 6. The normalized spacial score (nSPS) is 11.3. The molecule has 0 unspecified atom stereocenters. The highest BCUT2D eigenvalue weighted by Crippen LogP contribution is 2.22. The number of nitrogens with zero attached hydrogens (tertiary/aromatic N) is 6. The fourth-order valence-electron chi connectivity index (χ4n) is 2.15. The summed E-state index contributed by atoms with van der Waals surface area (Å²) < 4.78 is 3.67. The first-order valence-corrected chi connectivity index (χ1v) is 6.41. The third kappa shape index (κ3) is 1.85. The van der Waals surface area contributed by atoms with Gasteiger partial charge in [0.25, 0.3) is 0 Å². The third-order valence-electron chi connectivity index (χ3n) is 2.98. The average molecular weight is 272 g/mol. The van der Waals surface area contributed by atoms with Gasteiger partial charge >= 0.3 is 0 Å². The number of nitrogens with two attached hydrogens (primary N) is 2. The molecule has 8 nitrogen and oxygen atoms in total. The van der Waals surface area contributed by atoms with Crippen LogP contribution in [0.2, 0.25) is 0 Å². The van der Waals surface area contributed by atoms with E-state index >= 15 is 0 Å². The quantitative estimate of drug-likeness (QED) is 0.732. The predicted molar refractivity (Wildman–Crippen MR) is 76.3 cm³/mol. The summed E-state index contributed by atoms with van der Waals surface area (Å²) in [7, 11) is 0. The second kappa shape index (κ2) is 4.48. The summed E-state index contributed by atoms with van der Waals surface area (Å²) in [5, 5.41) is 4.29. The molecule has 0 aliphatic carbocycles. The Kier molecular flexibility index (Phi) is 2.78. The number of anilines is 2. The first-order chi connectivity index (χ1) is 9.60. The van der Waals surface area contributed by atoms with E-state index in [4.69, 9.17) is 11.5 Å². The van der Waals surface area contributed by atoms with Gasteiger partial charge in [0.1, 0.15) is 0 Å². The van der Waals surface area contributed by atoms with Crippen molar-refractivity contribution in [2.45, 2.75) is 26.8 Å². The first-order valence-electron chi connectivity index (χ1n) is 6.41. The van der Waals surface area contributed by atoms with Gasteiger partial charge in [-0.1, -0.05) is 6.92 Å². The summed E-state index contributed by atoms with van der Waals surface area (Å²) >= 11 is 0. The van der Waals surface area contributed by atoms with Crippen molar-refractivity contribution in [3.05, 3.63) is 18.0 Å². The van der Waals surface area contributed by atoms with Gasteiger partial charge in [0, 0.05) is 12.7 Å². The molecule has 20 heavy (non-hydrogen) atoms. The number of rotatable bonds is 3. The zero-order valence-electron chi connectivity index (χ0n) is 11.4. The zero-order chi connectivity index (χ0) is 14.3. The van der Waals surface area contributed by atoms with Crippen molar-refractivity contribution in [1.82, 2.24) is 29.3 Å². The lowest BCUT2D eigenvalue weighted by Gasteiger charge is -2.06. The Morgan fingerprint density at radius 2 is 2.00 bits per heavy atom. The van der Waals surface area contributed by atoms with Gasteiger partial charge < -0.3 is 11.5 Å². The van der Waals surface area contributed by atoms with Gasteiger partial charge in [0.05, 0.1) is 6.20 Å². The number of aryl methyl sites for hydroxylation is 2. The molecule has 0 aromatic carbocycles. The molecule has 0 atom stereocenters. The zero-order valence-corrected chi connectivity index (χ0v) is 11.4. The number of hydrogen-bond donors (Lipinski definition) is 2. The molecular weight excluding hydrogens is 256 g/mol. The topological polar surface area (TPSA) is 113 Å². The van der Waals surface area contributed by atoms with Crippen LogP contribution in [0.25, 0.3) is 17.1 Å². The molecule has 4 N–H and O–H groups in total. The number of aromatic nitrogens is 6. The van der Waals surface area contributed by atoms with Gasteiger partial charge in [-0.25, -0.2) is 9.67 Å². The van der Waals surface area contributed by atoms with Gasteiger partial charge in [-0.3, -0.25) is 4.57 Å². The van der Waals surface area contributed by atoms with Crippen LogP contribution in [0.3, 0.4) is 0 Å². The van der Waals surface area contributed by atoms with E-state index in [2.05, 4.69) is 27.0 Å². The highest BCUT2D eigenvalue weighted by molar-refractivity contribution is 5.84. The minimum atomic E-state index is 0.149. The molecule has 0 aliphatic rings. The summed E-state index contributed by atoms with van der Waals surface area (Å²) in [4.78, 5) is 12.7. The third-order valence-corrected chi connectivity index (χ3v) is 2.98. The predicted octanol–water partition coefficient (Wildman–Crippen LogP) is 0.895. The summed E-state index contributed by atoms with van der Waals surface area (Å²) in [6, 6.07) is 0. The number of fused-ring (bicyclic) bond motifs is 1. The largest absolute Gasteiger partial charge is 0.382 e. The molecule has 3 rings (SSSR count).